The van der Waals surface area contributed by atoms with Crippen molar-refractivity contribution in [2.75, 3.05) is 31.1 Å². The summed E-state index contributed by atoms with van der Waals surface area (Å²) in [5.41, 5.74) is 1.52. The number of thiocarbonyl (C=S) groups is 1. The quantitative estimate of drug-likeness (QED) is 0.571. The third-order valence-corrected chi connectivity index (χ3v) is 6.50. The molecule has 29 heavy (non-hydrogen) atoms. The highest BCUT2D eigenvalue weighted by atomic mass is 32.2. The molecule has 1 N–H and O–H groups in total. The Bertz CT molecular complexity index is 922. The highest BCUT2D eigenvalue weighted by Gasteiger charge is 2.32. The van der Waals surface area contributed by atoms with Gasteiger partial charge in [-0.15, -0.1) is 0 Å². The topological polar surface area (TPSA) is 79.0 Å². The van der Waals surface area contributed by atoms with Crippen LogP contribution in [0.1, 0.15) is 25.3 Å². The summed E-state index contributed by atoms with van der Waals surface area (Å²) in [5, 5.41) is 2.60. The molecular formula is C20H21N3O4S2. The molecule has 0 saturated carbocycles. The van der Waals surface area contributed by atoms with Crippen molar-refractivity contribution >= 4 is 57.8 Å². The van der Waals surface area contributed by atoms with Crippen LogP contribution in [0.3, 0.4) is 0 Å². The van der Waals surface area contributed by atoms with Gasteiger partial charge in [0.1, 0.15) is 16.7 Å². The number of carbonyl (C=O) groups is 3. The lowest BCUT2D eigenvalue weighted by molar-refractivity contribution is -0.133. The minimum atomic E-state index is -0.209. The van der Waals surface area contributed by atoms with Crippen molar-refractivity contribution in [2.24, 2.45) is 5.92 Å². The maximum atomic E-state index is 13.2. The Balaban J connectivity index is 1.55. The molecule has 3 aliphatic rings. The molecule has 7 nitrogen and oxygen atoms in total. The third-order valence-electron chi connectivity index (χ3n) is 5.34. The Morgan fingerprint density at radius 3 is 2.69 bits per heavy atom. The zero-order chi connectivity index (χ0) is 20.5. The van der Waals surface area contributed by atoms with Crippen molar-refractivity contribution in [3.05, 3.63) is 28.7 Å². The number of thioether (sulfide) groups is 1. The van der Waals surface area contributed by atoms with E-state index in [0.717, 1.165) is 11.3 Å². The summed E-state index contributed by atoms with van der Waals surface area (Å²) in [4.78, 5) is 40.8. The number of rotatable bonds is 2. The number of fused-ring (bicyclic) bond motifs is 1. The van der Waals surface area contributed by atoms with Gasteiger partial charge in [-0.3, -0.25) is 14.4 Å². The molecule has 0 aliphatic carbocycles. The SMILES string of the molecule is CC(=O)N1CCC(C(=O)N2CCOc3ccc(/C=C4\SC(=S)NC4=O)cc32)CC1. The summed E-state index contributed by atoms with van der Waals surface area (Å²) < 4.78 is 6.17. The first-order chi connectivity index (χ1) is 13.9. The molecule has 0 bridgehead atoms. The van der Waals surface area contributed by atoms with Gasteiger partial charge in [0.15, 0.2) is 0 Å². The number of nitrogens with zero attached hydrogens (tertiary/aromatic N) is 2. The summed E-state index contributed by atoms with van der Waals surface area (Å²) in [6.45, 7) is 3.71. The molecule has 0 atom stereocenters. The summed E-state index contributed by atoms with van der Waals surface area (Å²) >= 11 is 6.26. The number of hydrogen-bond acceptors (Lipinski definition) is 6. The van der Waals surface area contributed by atoms with E-state index in [-0.39, 0.29) is 23.6 Å². The Kier molecular flexibility index (Phi) is 5.60. The van der Waals surface area contributed by atoms with E-state index in [2.05, 4.69) is 5.32 Å². The second-order valence-corrected chi connectivity index (χ2v) is 8.92. The van der Waals surface area contributed by atoms with Gasteiger partial charge in [-0.1, -0.05) is 30.0 Å². The number of hydrogen-bond donors (Lipinski definition) is 1. The fraction of sp³-hybridized carbons (Fsp3) is 0.400. The number of anilines is 1. The molecular weight excluding hydrogens is 410 g/mol. The van der Waals surface area contributed by atoms with Gasteiger partial charge in [-0.25, -0.2) is 0 Å². The number of piperidine rings is 1. The van der Waals surface area contributed by atoms with Crippen molar-refractivity contribution in [1.82, 2.24) is 10.2 Å². The molecule has 0 aromatic heterocycles. The summed E-state index contributed by atoms with van der Waals surface area (Å²) in [6, 6.07) is 5.56. The van der Waals surface area contributed by atoms with Crippen LogP contribution in [-0.4, -0.2) is 53.2 Å². The standard InChI is InChI=1S/C20H21N3O4S2/c1-12(24)22-6-4-14(5-7-22)19(26)23-8-9-27-16-3-2-13(10-15(16)23)11-17-18(25)21-20(28)29-17/h2-3,10-11,14H,4-9H2,1H3,(H,21,25,28)/b17-11-. The van der Waals surface area contributed by atoms with Crippen LogP contribution in [0.15, 0.2) is 23.1 Å². The van der Waals surface area contributed by atoms with Crippen molar-refractivity contribution < 1.29 is 19.1 Å². The predicted molar refractivity (Wildman–Crippen MR) is 116 cm³/mol. The van der Waals surface area contributed by atoms with E-state index in [1.807, 2.05) is 18.2 Å². The molecule has 4 rings (SSSR count). The Labute approximate surface area is 178 Å². The maximum absolute atomic E-state index is 13.2. The highest BCUT2D eigenvalue weighted by Crippen LogP contribution is 2.36. The van der Waals surface area contributed by atoms with Gasteiger partial charge in [0.05, 0.1) is 17.1 Å². The molecule has 3 amide bonds. The average molecular weight is 432 g/mol. The fourth-order valence-corrected chi connectivity index (χ4v) is 4.83. The first-order valence-electron chi connectivity index (χ1n) is 9.51. The van der Waals surface area contributed by atoms with Crippen molar-refractivity contribution in [3.63, 3.8) is 0 Å². The summed E-state index contributed by atoms with van der Waals surface area (Å²) in [6.07, 6.45) is 3.11. The maximum Gasteiger partial charge on any atom is 0.263 e. The molecule has 3 aliphatic heterocycles. The zero-order valence-corrected chi connectivity index (χ0v) is 17.6. The molecule has 3 heterocycles. The molecule has 2 saturated heterocycles. The monoisotopic (exact) mass is 431 g/mol. The van der Waals surface area contributed by atoms with Gasteiger partial charge in [-0.2, -0.15) is 0 Å². The van der Waals surface area contributed by atoms with E-state index in [1.165, 1.54) is 11.8 Å². The van der Waals surface area contributed by atoms with E-state index in [1.54, 1.807) is 22.8 Å². The van der Waals surface area contributed by atoms with Crippen LogP contribution in [0.4, 0.5) is 5.69 Å². The largest absolute Gasteiger partial charge is 0.490 e. The normalized spacial score (nSPS) is 21.1. The van der Waals surface area contributed by atoms with E-state index < -0.39 is 0 Å². The third kappa shape index (κ3) is 4.16. The molecule has 0 unspecified atom stereocenters. The first kappa shape index (κ1) is 19.9. The second-order valence-electron chi connectivity index (χ2n) is 7.20. The number of carbonyl (C=O) groups excluding carboxylic acids is 3. The van der Waals surface area contributed by atoms with Gasteiger partial charge in [0, 0.05) is 25.9 Å². The number of benzene rings is 1. The van der Waals surface area contributed by atoms with Crippen LogP contribution in [0, 0.1) is 5.92 Å². The second kappa shape index (κ2) is 8.16. The van der Waals surface area contributed by atoms with Crippen molar-refractivity contribution in [1.29, 1.82) is 0 Å². The van der Waals surface area contributed by atoms with E-state index >= 15 is 0 Å². The van der Waals surface area contributed by atoms with Gasteiger partial charge < -0.3 is 19.9 Å². The van der Waals surface area contributed by atoms with Crippen LogP contribution in [-0.2, 0) is 14.4 Å². The van der Waals surface area contributed by atoms with Gasteiger partial charge in [0.2, 0.25) is 11.8 Å². The van der Waals surface area contributed by atoms with Gasteiger partial charge >= 0.3 is 0 Å². The molecule has 0 radical (unpaired) electrons. The molecule has 1 aromatic carbocycles. The number of likely N-dealkylation sites (tertiary alicyclic amines) is 1. The Morgan fingerprint density at radius 2 is 2.03 bits per heavy atom. The Morgan fingerprint density at radius 1 is 1.28 bits per heavy atom. The Hall–Kier alpha value is -2.39. The molecule has 0 spiro atoms. The van der Waals surface area contributed by atoms with E-state index in [0.29, 0.717) is 54.1 Å². The molecule has 152 valence electrons. The number of ether oxygens (including phenoxy) is 1. The first-order valence-corrected chi connectivity index (χ1v) is 10.7. The summed E-state index contributed by atoms with van der Waals surface area (Å²) in [5.74, 6) is 0.466. The minimum Gasteiger partial charge on any atom is -0.490 e. The zero-order valence-electron chi connectivity index (χ0n) is 16.0. The van der Waals surface area contributed by atoms with Crippen molar-refractivity contribution in [3.8, 4) is 5.75 Å². The highest BCUT2D eigenvalue weighted by molar-refractivity contribution is 8.26. The van der Waals surface area contributed by atoms with Crippen LogP contribution >= 0.6 is 24.0 Å². The van der Waals surface area contributed by atoms with Crippen LogP contribution < -0.4 is 15.0 Å². The molecule has 1 aromatic rings. The van der Waals surface area contributed by atoms with Crippen LogP contribution in [0.25, 0.3) is 6.08 Å². The lowest BCUT2D eigenvalue weighted by Crippen LogP contribution is -2.46. The smallest absolute Gasteiger partial charge is 0.263 e. The minimum absolute atomic E-state index is 0.0543. The average Bonchev–Trinajstić information content (AvgIpc) is 3.03. The van der Waals surface area contributed by atoms with Gasteiger partial charge in [0.25, 0.3) is 5.91 Å². The number of nitrogens with one attached hydrogen (secondary N) is 1. The van der Waals surface area contributed by atoms with Crippen LogP contribution in [0.5, 0.6) is 5.75 Å². The predicted octanol–water partition coefficient (Wildman–Crippen LogP) is 2.16. The van der Waals surface area contributed by atoms with Gasteiger partial charge in [-0.05, 0) is 36.6 Å². The van der Waals surface area contributed by atoms with Crippen LogP contribution in [0.2, 0.25) is 0 Å². The molecule has 2 fully saturated rings. The van der Waals surface area contributed by atoms with Crippen molar-refractivity contribution in [2.45, 2.75) is 19.8 Å². The number of amides is 3. The van der Waals surface area contributed by atoms with E-state index in [9.17, 15) is 14.4 Å². The summed E-state index contributed by atoms with van der Waals surface area (Å²) in [7, 11) is 0. The van der Waals surface area contributed by atoms with E-state index in [4.69, 9.17) is 17.0 Å². The molecule has 9 heteroatoms. The lowest BCUT2D eigenvalue weighted by Gasteiger charge is -2.36. The fourth-order valence-electron chi connectivity index (χ4n) is 3.79. The lowest BCUT2D eigenvalue weighted by atomic mass is 9.94.